The van der Waals surface area contributed by atoms with Gasteiger partial charge in [0.2, 0.25) is 5.95 Å². The second-order valence-electron chi connectivity index (χ2n) is 3.89. The molecule has 0 bridgehead atoms. The molecule has 0 amide bonds. The van der Waals surface area contributed by atoms with E-state index in [1.54, 1.807) is 6.07 Å². The van der Waals surface area contributed by atoms with Gasteiger partial charge in [-0.05, 0) is 32.0 Å². The van der Waals surface area contributed by atoms with Crippen LogP contribution < -0.4 is 4.90 Å². The zero-order chi connectivity index (χ0) is 13.0. The molecule has 90 valence electrons. The number of para-hydroxylation sites is 1. The first kappa shape index (κ1) is 12.1. The number of benzene rings is 1. The fraction of sp³-hybridized carbons (Fsp3) is 0.214. The van der Waals surface area contributed by atoms with Crippen LogP contribution in [-0.4, -0.2) is 16.5 Å². The van der Waals surface area contributed by atoms with Crippen molar-refractivity contribution in [3.63, 3.8) is 0 Å². The summed E-state index contributed by atoms with van der Waals surface area (Å²) in [7, 11) is 0. The minimum atomic E-state index is 0.395. The molecule has 0 spiro atoms. The zero-order valence-corrected chi connectivity index (χ0v) is 10.5. The number of anilines is 2. The molecule has 1 aromatic carbocycles. The molecule has 0 aliphatic rings. The number of nitriles is 1. The summed E-state index contributed by atoms with van der Waals surface area (Å²) in [5.74, 6) is 0.570. The minimum Gasteiger partial charge on any atom is -0.311 e. The highest BCUT2D eigenvalue weighted by molar-refractivity contribution is 5.57. The molecule has 0 fully saturated rings. The van der Waals surface area contributed by atoms with Crippen molar-refractivity contribution >= 4 is 11.6 Å². The second-order valence-corrected chi connectivity index (χ2v) is 3.89. The fourth-order valence-corrected chi connectivity index (χ4v) is 1.78. The molecule has 2 aromatic rings. The van der Waals surface area contributed by atoms with E-state index < -0.39 is 0 Å². The average Bonchev–Trinajstić information content (AvgIpc) is 2.40. The van der Waals surface area contributed by atoms with Gasteiger partial charge in [-0.15, -0.1) is 0 Å². The molecule has 4 heteroatoms. The fourth-order valence-electron chi connectivity index (χ4n) is 1.78. The lowest BCUT2D eigenvalue weighted by molar-refractivity contribution is 0.928. The molecule has 1 heterocycles. The molecule has 18 heavy (non-hydrogen) atoms. The molecule has 0 atom stereocenters. The third-order valence-electron chi connectivity index (χ3n) is 2.58. The van der Waals surface area contributed by atoms with Gasteiger partial charge >= 0.3 is 0 Å². The van der Waals surface area contributed by atoms with Crippen LogP contribution in [0.25, 0.3) is 0 Å². The summed E-state index contributed by atoms with van der Waals surface area (Å²) in [6.45, 7) is 4.65. The Morgan fingerprint density at radius 2 is 1.94 bits per heavy atom. The summed E-state index contributed by atoms with van der Waals surface area (Å²) in [6.07, 6.45) is 0. The first-order valence-electron chi connectivity index (χ1n) is 5.83. The van der Waals surface area contributed by atoms with Crippen molar-refractivity contribution in [3.8, 4) is 6.07 Å². The number of rotatable bonds is 3. The Morgan fingerprint density at radius 1 is 1.22 bits per heavy atom. The number of nitrogens with zero attached hydrogens (tertiary/aromatic N) is 4. The topological polar surface area (TPSA) is 52.8 Å². The lowest BCUT2D eigenvalue weighted by Crippen LogP contribution is -2.19. The molecular weight excluding hydrogens is 224 g/mol. The summed E-state index contributed by atoms with van der Waals surface area (Å²) in [5.41, 5.74) is 2.22. The maximum atomic E-state index is 8.95. The standard InChI is InChI=1S/C14H14N4/c1-3-18(13-7-5-4-6-8-13)14-16-11(2)9-12(10-15)17-14/h4-9H,3H2,1-2H3. The highest BCUT2D eigenvalue weighted by atomic mass is 15.2. The lowest BCUT2D eigenvalue weighted by Gasteiger charge is -2.21. The Labute approximate surface area is 107 Å². The van der Waals surface area contributed by atoms with E-state index in [0.29, 0.717) is 11.6 Å². The van der Waals surface area contributed by atoms with Crippen LogP contribution in [0.5, 0.6) is 0 Å². The van der Waals surface area contributed by atoms with Gasteiger partial charge in [0, 0.05) is 17.9 Å². The lowest BCUT2D eigenvalue weighted by atomic mass is 10.3. The summed E-state index contributed by atoms with van der Waals surface area (Å²) >= 11 is 0. The van der Waals surface area contributed by atoms with Gasteiger partial charge in [0.15, 0.2) is 0 Å². The summed E-state index contributed by atoms with van der Waals surface area (Å²) in [4.78, 5) is 10.6. The SMILES string of the molecule is CCN(c1ccccc1)c1nc(C)cc(C#N)n1. The molecule has 2 rings (SSSR count). The van der Waals surface area contributed by atoms with E-state index in [1.165, 1.54) is 0 Å². The van der Waals surface area contributed by atoms with Crippen LogP contribution in [0.3, 0.4) is 0 Å². The molecule has 0 aliphatic carbocycles. The highest BCUT2D eigenvalue weighted by Crippen LogP contribution is 2.21. The van der Waals surface area contributed by atoms with E-state index in [4.69, 9.17) is 5.26 Å². The molecule has 0 saturated heterocycles. The normalized spacial score (nSPS) is 9.83. The highest BCUT2D eigenvalue weighted by Gasteiger charge is 2.11. The molecule has 0 aliphatic heterocycles. The summed E-state index contributed by atoms with van der Waals surface area (Å²) < 4.78 is 0. The van der Waals surface area contributed by atoms with Gasteiger partial charge in [0.25, 0.3) is 0 Å². The third-order valence-corrected chi connectivity index (χ3v) is 2.58. The van der Waals surface area contributed by atoms with Crippen molar-refractivity contribution in [3.05, 3.63) is 47.8 Å². The van der Waals surface area contributed by atoms with Gasteiger partial charge in [0.05, 0.1) is 0 Å². The van der Waals surface area contributed by atoms with Crippen molar-refractivity contribution in [2.45, 2.75) is 13.8 Å². The van der Waals surface area contributed by atoms with Crippen LogP contribution in [0.2, 0.25) is 0 Å². The Kier molecular flexibility index (Phi) is 3.54. The van der Waals surface area contributed by atoms with Crippen LogP contribution in [0.4, 0.5) is 11.6 Å². The quantitative estimate of drug-likeness (QED) is 0.825. The molecular formula is C14H14N4. The molecule has 0 saturated carbocycles. The van der Waals surface area contributed by atoms with E-state index in [9.17, 15) is 0 Å². The van der Waals surface area contributed by atoms with Crippen molar-refractivity contribution in [2.75, 3.05) is 11.4 Å². The molecule has 0 unspecified atom stereocenters. The number of hydrogen-bond donors (Lipinski definition) is 0. The van der Waals surface area contributed by atoms with Crippen LogP contribution in [0.1, 0.15) is 18.3 Å². The monoisotopic (exact) mass is 238 g/mol. The Hall–Kier alpha value is -2.41. The first-order valence-corrected chi connectivity index (χ1v) is 5.83. The Bertz CT molecular complexity index is 572. The van der Waals surface area contributed by atoms with E-state index in [-0.39, 0.29) is 0 Å². The largest absolute Gasteiger partial charge is 0.311 e. The van der Waals surface area contributed by atoms with Crippen molar-refractivity contribution in [2.24, 2.45) is 0 Å². The smallest absolute Gasteiger partial charge is 0.231 e. The van der Waals surface area contributed by atoms with E-state index >= 15 is 0 Å². The van der Waals surface area contributed by atoms with Gasteiger partial charge in [-0.2, -0.15) is 5.26 Å². The predicted molar refractivity (Wildman–Crippen MR) is 70.6 cm³/mol. The molecule has 0 N–H and O–H groups in total. The number of hydrogen-bond acceptors (Lipinski definition) is 4. The van der Waals surface area contributed by atoms with Crippen molar-refractivity contribution in [1.82, 2.24) is 9.97 Å². The van der Waals surface area contributed by atoms with E-state index in [0.717, 1.165) is 17.9 Å². The number of aryl methyl sites for hydroxylation is 1. The Balaban J connectivity index is 2.46. The maximum absolute atomic E-state index is 8.95. The minimum absolute atomic E-state index is 0.395. The van der Waals surface area contributed by atoms with Crippen LogP contribution in [0, 0.1) is 18.3 Å². The Morgan fingerprint density at radius 3 is 2.56 bits per heavy atom. The summed E-state index contributed by atoms with van der Waals surface area (Å²) in [5, 5.41) is 8.95. The maximum Gasteiger partial charge on any atom is 0.231 e. The predicted octanol–water partition coefficient (Wildman–Crippen LogP) is 2.81. The summed E-state index contributed by atoms with van der Waals surface area (Å²) in [6, 6.07) is 13.7. The van der Waals surface area contributed by atoms with Gasteiger partial charge in [-0.25, -0.2) is 9.97 Å². The van der Waals surface area contributed by atoms with E-state index in [2.05, 4.69) is 16.0 Å². The van der Waals surface area contributed by atoms with Crippen molar-refractivity contribution < 1.29 is 0 Å². The van der Waals surface area contributed by atoms with Gasteiger partial charge < -0.3 is 4.90 Å². The second kappa shape index (κ2) is 5.28. The molecule has 0 radical (unpaired) electrons. The van der Waals surface area contributed by atoms with Crippen LogP contribution >= 0.6 is 0 Å². The van der Waals surface area contributed by atoms with Crippen molar-refractivity contribution in [1.29, 1.82) is 5.26 Å². The van der Waals surface area contributed by atoms with Gasteiger partial charge in [-0.1, -0.05) is 18.2 Å². The molecule has 4 nitrogen and oxygen atoms in total. The average molecular weight is 238 g/mol. The third kappa shape index (κ3) is 2.46. The zero-order valence-electron chi connectivity index (χ0n) is 10.5. The van der Waals surface area contributed by atoms with E-state index in [1.807, 2.05) is 49.1 Å². The molecule has 1 aromatic heterocycles. The van der Waals surface area contributed by atoms with Crippen LogP contribution in [-0.2, 0) is 0 Å². The first-order chi connectivity index (χ1) is 8.74. The van der Waals surface area contributed by atoms with Gasteiger partial charge in [-0.3, -0.25) is 0 Å². The van der Waals surface area contributed by atoms with Crippen LogP contribution in [0.15, 0.2) is 36.4 Å². The van der Waals surface area contributed by atoms with Gasteiger partial charge in [0.1, 0.15) is 11.8 Å². The number of aromatic nitrogens is 2.